The molecule has 2 aliphatic heterocycles. The van der Waals surface area contributed by atoms with Crippen LogP contribution in [0.2, 0.25) is 0 Å². The lowest BCUT2D eigenvalue weighted by Crippen LogP contribution is -2.46. The SMILES string of the molecule is O=C(c1cccc(C(F)(F)F)c1)N1C[C@@H]2C[C@H]1CN2. The van der Waals surface area contributed by atoms with Crippen LogP contribution in [0.1, 0.15) is 22.3 Å². The van der Waals surface area contributed by atoms with Gasteiger partial charge in [-0.05, 0) is 24.6 Å². The van der Waals surface area contributed by atoms with Crippen molar-refractivity contribution in [2.45, 2.75) is 24.7 Å². The number of carbonyl (C=O) groups excluding carboxylic acids is 1. The molecule has 0 radical (unpaired) electrons. The standard InChI is InChI=1S/C13H13F3N2O/c14-13(15,16)9-3-1-2-8(4-9)12(19)18-7-10-5-11(18)6-17-10/h1-4,10-11,17H,5-7H2/t10-,11-/m0/s1. The number of rotatable bonds is 1. The third-order valence-electron chi connectivity index (χ3n) is 3.75. The van der Waals surface area contributed by atoms with Gasteiger partial charge in [0.15, 0.2) is 0 Å². The maximum absolute atomic E-state index is 12.6. The molecular weight excluding hydrogens is 257 g/mol. The molecule has 0 spiro atoms. The minimum atomic E-state index is -4.41. The van der Waals surface area contributed by atoms with E-state index in [1.807, 2.05) is 0 Å². The number of likely N-dealkylation sites (tertiary alicyclic amines) is 1. The van der Waals surface area contributed by atoms with Crippen molar-refractivity contribution in [3.8, 4) is 0 Å². The molecule has 2 fully saturated rings. The monoisotopic (exact) mass is 270 g/mol. The number of hydrogen-bond donors (Lipinski definition) is 1. The number of nitrogens with zero attached hydrogens (tertiary/aromatic N) is 1. The molecule has 1 N–H and O–H groups in total. The van der Waals surface area contributed by atoms with Crippen molar-refractivity contribution < 1.29 is 18.0 Å². The smallest absolute Gasteiger partial charge is 0.333 e. The van der Waals surface area contributed by atoms with Crippen LogP contribution in [0.3, 0.4) is 0 Å². The first-order valence-electron chi connectivity index (χ1n) is 6.17. The number of hydrogen-bond acceptors (Lipinski definition) is 2. The minimum absolute atomic E-state index is 0.113. The molecule has 2 heterocycles. The topological polar surface area (TPSA) is 32.3 Å². The van der Waals surface area contributed by atoms with Crippen molar-refractivity contribution in [3.05, 3.63) is 35.4 Å². The fourth-order valence-electron chi connectivity index (χ4n) is 2.80. The average molecular weight is 270 g/mol. The fraction of sp³-hybridized carbons (Fsp3) is 0.462. The molecule has 2 atom stereocenters. The molecule has 0 saturated carbocycles. The Bertz CT molecular complexity index is 515. The molecule has 1 amide bonds. The summed E-state index contributed by atoms with van der Waals surface area (Å²) in [5.41, 5.74) is -0.664. The van der Waals surface area contributed by atoms with E-state index < -0.39 is 11.7 Å². The molecule has 2 saturated heterocycles. The van der Waals surface area contributed by atoms with Crippen LogP contribution in [0.5, 0.6) is 0 Å². The summed E-state index contributed by atoms with van der Waals surface area (Å²) in [6.45, 7) is 1.31. The first-order valence-corrected chi connectivity index (χ1v) is 6.17. The van der Waals surface area contributed by atoms with E-state index in [9.17, 15) is 18.0 Å². The molecule has 1 aromatic rings. The third kappa shape index (κ3) is 2.20. The van der Waals surface area contributed by atoms with Crippen LogP contribution >= 0.6 is 0 Å². The third-order valence-corrected chi connectivity index (χ3v) is 3.75. The zero-order valence-corrected chi connectivity index (χ0v) is 10.1. The predicted molar refractivity (Wildman–Crippen MR) is 62.7 cm³/mol. The Morgan fingerprint density at radius 1 is 1.37 bits per heavy atom. The summed E-state index contributed by atoms with van der Waals surface area (Å²) in [4.78, 5) is 13.9. The lowest BCUT2D eigenvalue weighted by Gasteiger charge is -2.27. The zero-order valence-electron chi connectivity index (χ0n) is 10.1. The second kappa shape index (κ2) is 4.23. The molecule has 1 aromatic carbocycles. The molecule has 2 bridgehead atoms. The van der Waals surface area contributed by atoms with Gasteiger partial charge in [-0.2, -0.15) is 13.2 Å². The van der Waals surface area contributed by atoms with Gasteiger partial charge in [0.2, 0.25) is 0 Å². The summed E-state index contributed by atoms with van der Waals surface area (Å²) in [7, 11) is 0. The van der Waals surface area contributed by atoms with Gasteiger partial charge in [0.25, 0.3) is 5.91 Å². The highest BCUT2D eigenvalue weighted by atomic mass is 19.4. The van der Waals surface area contributed by atoms with E-state index in [4.69, 9.17) is 0 Å². The first kappa shape index (κ1) is 12.5. The Hall–Kier alpha value is -1.56. The average Bonchev–Trinajstić information content (AvgIpc) is 2.99. The number of piperazine rings is 1. The van der Waals surface area contributed by atoms with Crippen LogP contribution in [0, 0.1) is 0 Å². The zero-order chi connectivity index (χ0) is 13.6. The van der Waals surface area contributed by atoms with Crippen LogP contribution in [0.15, 0.2) is 24.3 Å². The highest BCUT2D eigenvalue weighted by molar-refractivity contribution is 5.95. The van der Waals surface area contributed by atoms with Gasteiger partial charge >= 0.3 is 6.18 Å². The molecule has 6 heteroatoms. The Balaban J connectivity index is 1.84. The molecular formula is C13H13F3N2O. The fourth-order valence-corrected chi connectivity index (χ4v) is 2.80. The second-order valence-corrected chi connectivity index (χ2v) is 5.03. The number of nitrogens with one attached hydrogen (secondary N) is 1. The van der Waals surface area contributed by atoms with Crippen molar-refractivity contribution in [1.82, 2.24) is 10.2 Å². The number of halogens is 3. The highest BCUT2D eigenvalue weighted by Crippen LogP contribution is 2.31. The number of amides is 1. The summed E-state index contributed by atoms with van der Waals surface area (Å²) >= 11 is 0. The molecule has 19 heavy (non-hydrogen) atoms. The van der Waals surface area contributed by atoms with Gasteiger partial charge in [-0.15, -0.1) is 0 Å². The molecule has 0 unspecified atom stereocenters. The normalized spacial score (nSPS) is 25.9. The molecule has 0 aliphatic carbocycles. The van der Waals surface area contributed by atoms with Crippen molar-refractivity contribution in [1.29, 1.82) is 0 Å². The lowest BCUT2D eigenvalue weighted by molar-refractivity contribution is -0.137. The number of alkyl halides is 3. The van der Waals surface area contributed by atoms with Gasteiger partial charge in [0.05, 0.1) is 5.56 Å². The number of benzene rings is 1. The van der Waals surface area contributed by atoms with Crippen LogP contribution in [-0.4, -0.2) is 36.0 Å². The maximum atomic E-state index is 12.6. The van der Waals surface area contributed by atoms with Crippen LogP contribution in [0.25, 0.3) is 0 Å². The van der Waals surface area contributed by atoms with Gasteiger partial charge in [-0.25, -0.2) is 0 Å². The Morgan fingerprint density at radius 3 is 2.74 bits per heavy atom. The van der Waals surface area contributed by atoms with E-state index >= 15 is 0 Å². The Morgan fingerprint density at radius 2 is 2.16 bits per heavy atom. The largest absolute Gasteiger partial charge is 0.416 e. The molecule has 0 aromatic heterocycles. The predicted octanol–water partition coefficient (Wildman–Crippen LogP) is 1.89. The Labute approximate surface area is 108 Å². The second-order valence-electron chi connectivity index (χ2n) is 5.03. The number of carbonyl (C=O) groups is 1. The summed E-state index contributed by atoms with van der Waals surface area (Å²) < 4.78 is 37.9. The van der Waals surface area contributed by atoms with E-state index in [2.05, 4.69) is 5.32 Å². The summed E-state index contributed by atoms with van der Waals surface area (Å²) in [6, 6.07) is 5.04. The van der Waals surface area contributed by atoms with E-state index in [0.717, 1.165) is 25.1 Å². The van der Waals surface area contributed by atoms with Crippen molar-refractivity contribution in [3.63, 3.8) is 0 Å². The minimum Gasteiger partial charge on any atom is -0.333 e. The summed E-state index contributed by atoms with van der Waals surface area (Å²) in [6.07, 6.45) is -3.52. The van der Waals surface area contributed by atoms with Crippen LogP contribution in [0.4, 0.5) is 13.2 Å². The quantitative estimate of drug-likeness (QED) is 0.845. The first-order chi connectivity index (χ1) is 8.95. The van der Waals surface area contributed by atoms with Crippen molar-refractivity contribution >= 4 is 5.91 Å². The van der Waals surface area contributed by atoms with Crippen molar-refractivity contribution in [2.75, 3.05) is 13.1 Å². The molecule has 3 rings (SSSR count). The van der Waals surface area contributed by atoms with Gasteiger partial charge in [-0.1, -0.05) is 6.07 Å². The summed E-state index contributed by atoms with van der Waals surface area (Å²) in [5.74, 6) is -0.305. The molecule has 102 valence electrons. The van der Waals surface area contributed by atoms with Gasteiger partial charge < -0.3 is 10.2 Å². The van der Waals surface area contributed by atoms with Gasteiger partial charge in [-0.3, -0.25) is 4.79 Å². The van der Waals surface area contributed by atoms with Crippen molar-refractivity contribution in [2.24, 2.45) is 0 Å². The van der Waals surface area contributed by atoms with Gasteiger partial charge in [0, 0.05) is 30.7 Å². The van der Waals surface area contributed by atoms with E-state index in [1.54, 1.807) is 4.90 Å². The van der Waals surface area contributed by atoms with Crippen LogP contribution in [-0.2, 0) is 6.18 Å². The van der Waals surface area contributed by atoms with E-state index in [0.29, 0.717) is 12.6 Å². The molecule has 3 nitrogen and oxygen atoms in total. The number of fused-ring (bicyclic) bond motifs is 2. The van der Waals surface area contributed by atoms with E-state index in [-0.39, 0.29) is 17.5 Å². The maximum Gasteiger partial charge on any atom is 0.416 e. The lowest BCUT2D eigenvalue weighted by atomic mass is 10.1. The van der Waals surface area contributed by atoms with Crippen LogP contribution < -0.4 is 5.32 Å². The Kier molecular flexibility index (Phi) is 2.78. The highest BCUT2D eigenvalue weighted by Gasteiger charge is 2.40. The summed E-state index contributed by atoms with van der Waals surface area (Å²) in [5, 5.41) is 3.25. The van der Waals surface area contributed by atoms with E-state index in [1.165, 1.54) is 12.1 Å². The molecule has 2 aliphatic rings. The van der Waals surface area contributed by atoms with Gasteiger partial charge in [0.1, 0.15) is 0 Å².